The molecule has 0 spiro atoms. The second kappa shape index (κ2) is 6.70. The minimum absolute atomic E-state index is 0.214. The molecule has 5 nitrogen and oxygen atoms in total. The zero-order chi connectivity index (χ0) is 14.6. The predicted octanol–water partition coefficient (Wildman–Crippen LogP) is 2.28. The average Bonchev–Trinajstić information content (AvgIpc) is 2.66. The Labute approximate surface area is 119 Å². The van der Waals surface area contributed by atoms with E-state index >= 15 is 0 Å². The van der Waals surface area contributed by atoms with E-state index in [0.29, 0.717) is 23.9 Å². The van der Waals surface area contributed by atoms with Crippen molar-refractivity contribution in [3.63, 3.8) is 0 Å². The summed E-state index contributed by atoms with van der Waals surface area (Å²) >= 11 is 6.13. The van der Waals surface area contributed by atoms with Crippen molar-refractivity contribution < 1.29 is 14.6 Å². The van der Waals surface area contributed by atoms with Gasteiger partial charge in [0.05, 0.1) is 36.2 Å². The van der Waals surface area contributed by atoms with Crippen molar-refractivity contribution in [1.82, 2.24) is 9.78 Å². The third-order valence-corrected chi connectivity index (χ3v) is 3.31. The molecule has 1 aromatic rings. The molecule has 6 heteroatoms. The minimum Gasteiger partial charge on any atom is -0.384 e. The van der Waals surface area contributed by atoms with Crippen LogP contribution in [0.15, 0.2) is 6.20 Å². The maximum absolute atomic E-state index is 10.6. The van der Waals surface area contributed by atoms with Crippen LogP contribution in [-0.4, -0.2) is 41.8 Å². The minimum atomic E-state index is -0.836. The van der Waals surface area contributed by atoms with E-state index in [-0.39, 0.29) is 11.5 Å². The molecular weight excluding hydrogens is 268 g/mol. The maximum Gasteiger partial charge on any atom is 0.124 e. The van der Waals surface area contributed by atoms with Gasteiger partial charge in [-0.15, -0.1) is 0 Å². The topological polar surface area (TPSA) is 56.5 Å². The lowest BCUT2D eigenvalue weighted by Crippen LogP contribution is -2.35. The van der Waals surface area contributed by atoms with Crippen molar-refractivity contribution in [2.75, 3.05) is 20.8 Å². The normalized spacial score (nSPS) is 15.5. The van der Waals surface area contributed by atoms with E-state index in [9.17, 15) is 5.11 Å². The number of hydrogen-bond donors (Lipinski definition) is 1. The zero-order valence-electron chi connectivity index (χ0n) is 12.2. The Hall–Kier alpha value is -0.620. The van der Waals surface area contributed by atoms with Gasteiger partial charge in [-0.05, 0) is 5.41 Å². The molecule has 2 unspecified atom stereocenters. The molecule has 0 fully saturated rings. The van der Waals surface area contributed by atoms with E-state index < -0.39 is 6.10 Å². The molecule has 2 atom stereocenters. The van der Waals surface area contributed by atoms with Crippen molar-refractivity contribution >= 4 is 11.6 Å². The number of methoxy groups -OCH3 is 2. The van der Waals surface area contributed by atoms with Gasteiger partial charge in [-0.1, -0.05) is 32.4 Å². The van der Waals surface area contributed by atoms with Gasteiger partial charge in [-0.25, -0.2) is 0 Å². The van der Waals surface area contributed by atoms with E-state index in [0.717, 1.165) is 0 Å². The van der Waals surface area contributed by atoms with E-state index in [2.05, 4.69) is 5.10 Å². The number of hydrogen-bond acceptors (Lipinski definition) is 4. The fraction of sp³-hybridized carbons (Fsp3) is 0.769. The summed E-state index contributed by atoms with van der Waals surface area (Å²) in [6.45, 7) is 7.07. The highest BCUT2D eigenvalue weighted by Gasteiger charge is 2.35. The molecule has 0 aliphatic rings. The van der Waals surface area contributed by atoms with Crippen LogP contribution in [0.3, 0.4) is 0 Å². The third kappa shape index (κ3) is 3.92. The highest BCUT2D eigenvalue weighted by molar-refractivity contribution is 6.31. The first-order valence-electron chi connectivity index (χ1n) is 6.24. The first-order chi connectivity index (χ1) is 8.82. The summed E-state index contributed by atoms with van der Waals surface area (Å²) in [6.07, 6.45) is 0.324. The second-order valence-corrected chi connectivity index (χ2v) is 5.97. The van der Waals surface area contributed by atoms with Crippen LogP contribution >= 0.6 is 11.6 Å². The lowest BCUT2D eigenvalue weighted by atomic mass is 9.84. The first-order valence-corrected chi connectivity index (χ1v) is 6.61. The summed E-state index contributed by atoms with van der Waals surface area (Å²) in [5, 5.41) is 15.2. The average molecular weight is 291 g/mol. The number of nitrogens with zero attached hydrogens (tertiary/aromatic N) is 2. The van der Waals surface area contributed by atoms with Crippen molar-refractivity contribution in [3.8, 4) is 0 Å². The SMILES string of the molecule is COCCn1ncc(Cl)c1C(O)C(OC)C(C)(C)C. The number of rotatable bonds is 6. The molecule has 0 saturated carbocycles. The van der Waals surface area contributed by atoms with Crippen molar-refractivity contribution in [2.45, 2.75) is 39.5 Å². The molecule has 0 aliphatic carbocycles. The van der Waals surface area contributed by atoms with Gasteiger partial charge in [0.25, 0.3) is 0 Å². The van der Waals surface area contributed by atoms with Gasteiger partial charge in [-0.3, -0.25) is 4.68 Å². The molecule has 0 aliphatic heterocycles. The van der Waals surface area contributed by atoms with Crippen LogP contribution in [0.25, 0.3) is 0 Å². The van der Waals surface area contributed by atoms with Crippen LogP contribution in [0.2, 0.25) is 5.02 Å². The fourth-order valence-corrected chi connectivity index (χ4v) is 2.37. The van der Waals surface area contributed by atoms with E-state index in [1.165, 1.54) is 6.20 Å². The molecule has 1 rings (SSSR count). The molecule has 0 aromatic carbocycles. The molecule has 0 bridgehead atoms. The van der Waals surface area contributed by atoms with Crippen LogP contribution in [0.5, 0.6) is 0 Å². The molecule has 1 N–H and O–H groups in total. The second-order valence-electron chi connectivity index (χ2n) is 5.56. The Kier molecular flexibility index (Phi) is 5.80. The van der Waals surface area contributed by atoms with Gasteiger partial charge in [0.2, 0.25) is 0 Å². The molecule has 0 amide bonds. The first kappa shape index (κ1) is 16.4. The molecule has 1 heterocycles. The Morgan fingerprint density at radius 3 is 2.53 bits per heavy atom. The highest BCUT2D eigenvalue weighted by atomic mass is 35.5. The molecule has 19 heavy (non-hydrogen) atoms. The van der Waals surface area contributed by atoms with E-state index in [1.54, 1.807) is 18.9 Å². The van der Waals surface area contributed by atoms with E-state index in [1.807, 2.05) is 20.8 Å². The summed E-state index contributed by atoms with van der Waals surface area (Å²) in [6, 6.07) is 0. The third-order valence-electron chi connectivity index (χ3n) is 3.01. The Morgan fingerprint density at radius 2 is 2.05 bits per heavy atom. The van der Waals surface area contributed by atoms with Crippen LogP contribution in [0, 0.1) is 5.41 Å². The maximum atomic E-state index is 10.6. The Bertz CT molecular complexity index is 401. The number of halogens is 1. The van der Waals surface area contributed by atoms with Gasteiger partial charge in [0.1, 0.15) is 6.10 Å². The number of ether oxygens (including phenoxy) is 2. The number of aromatic nitrogens is 2. The van der Waals surface area contributed by atoms with Crippen molar-refractivity contribution in [3.05, 3.63) is 16.9 Å². The van der Waals surface area contributed by atoms with Crippen molar-refractivity contribution in [1.29, 1.82) is 0 Å². The molecule has 0 saturated heterocycles. The largest absolute Gasteiger partial charge is 0.384 e. The molecule has 110 valence electrons. The summed E-state index contributed by atoms with van der Waals surface area (Å²) in [7, 11) is 3.21. The van der Waals surface area contributed by atoms with Gasteiger partial charge in [0, 0.05) is 14.2 Å². The summed E-state index contributed by atoms with van der Waals surface area (Å²) in [5.74, 6) is 0. The number of aliphatic hydroxyl groups is 1. The standard InChI is InChI=1S/C13H23ClN2O3/c1-13(2,3)12(19-5)11(17)10-9(14)8-15-16(10)6-7-18-4/h8,11-12,17H,6-7H2,1-5H3. The molecular formula is C13H23ClN2O3. The lowest BCUT2D eigenvalue weighted by Gasteiger charge is -2.33. The summed E-state index contributed by atoms with van der Waals surface area (Å²) in [5.41, 5.74) is 0.355. The fourth-order valence-electron chi connectivity index (χ4n) is 2.12. The predicted molar refractivity (Wildman–Crippen MR) is 74.3 cm³/mol. The van der Waals surface area contributed by atoms with Crippen LogP contribution < -0.4 is 0 Å². The lowest BCUT2D eigenvalue weighted by molar-refractivity contribution is -0.0756. The Morgan fingerprint density at radius 1 is 1.42 bits per heavy atom. The van der Waals surface area contributed by atoms with Gasteiger partial charge in [-0.2, -0.15) is 5.10 Å². The molecule has 1 aromatic heterocycles. The summed E-state index contributed by atoms with van der Waals surface area (Å²) < 4.78 is 12.1. The van der Waals surface area contributed by atoms with Gasteiger partial charge < -0.3 is 14.6 Å². The summed E-state index contributed by atoms with van der Waals surface area (Å²) in [4.78, 5) is 0. The van der Waals surface area contributed by atoms with Crippen molar-refractivity contribution in [2.24, 2.45) is 5.41 Å². The smallest absolute Gasteiger partial charge is 0.124 e. The quantitative estimate of drug-likeness (QED) is 0.873. The number of aliphatic hydroxyl groups excluding tert-OH is 1. The van der Waals surface area contributed by atoms with Gasteiger partial charge >= 0.3 is 0 Å². The zero-order valence-corrected chi connectivity index (χ0v) is 12.9. The van der Waals surface area contributed by atoms with Crippen LogP contribution in [0.1, 0.15) is 32.6 Å². The van der Waals surface area contributed by atoms with E-state index in [4.69, 9.17) is 21.1 Å². The van der Waals surface area contributed by atoms with Gasteiger partial charge in [0.15, 0.2) is 0 Å². The monoisotopic (exact) mass is 290 g/mol. The van der Waals surface area contributed by atoms with Crippen LogP contribution in [0.4, 0.5) is 0 Å². The highest BCUT2D eigenvalue weighted by Crippen LogP contribution is 2.35. The molecule has 0 radical (unpaired) electrons. The van der Waals surface area contributed by atoms with Crippen LogP contribution in [-0.2, 0) is 16.0 Å². The Balaban J connectivity index is 3.03.